The molecule has 2 aliphatic carbocycles. The van der Waals surface area contributed by atoms with Crippen LogP contribution in [0.2, 0.25) is 0 Å². The van der Waals surface area contributed by atoms with Crippen LogP contribution in [0, 0.1) is 0 Å². The van der Waals surface area contributed by atoms with Crippen LogP contribution in [0.3, 0.4) is 0 Å². The molecule has 1 N–H and O–H groups in total. The molecule has 0 fully saturated rings. The van der Waals surface area contributed by atoms with Crippen LogP contribution in [0.25, 0.3) is 0 Å². The molecule has 0 bridgehead atoms. The van der Waals surface area contributed by atoms with E-state index in [0.717, 1.165) is 10.9 Å². The molecule has 0 amide bonds. The molecule has 1 aromatic carbocycles. The number of halogens is 2. The molecule has 2 aliphatic rings. The van der Waals surface area contributed by atoms with Gasteiger partial charge in [0.2, 0.25) is 0 Å². The van der Waals surface area contributed by atoms with Crippen molar-refractivity contribution in [2.24, 2.45) is 0 Å². The highest BCUT2D eigenvalue weighted by atomic mass is 127. The molecule has 0 aliphatic heterocycles. The van der Waals surface area contributed by atoms with E-state index in [1.54, 1.807) is 4.91 Å². The lowest BCUT2D eigenvalue weighted by molar-refractivity contribution is 1.15. The summed E-state index contributed by atoms with van der Waals surface area (Å²) >= 11 is 6.23. The van der Waals surface area contributed by atoms with Gasteiger partial charge >= 0.3 is 0 Å². The normalized spacial score (nSPS) is 22.5. The quantitative estimate of drug-likeness (QED) is 0.438. The lowest BCUT2D eigenvalue weighted by atomic mass is 10.1. The summed E-state index contributed by atoms with van der Waals surface area (Å²) in [6, 6.07) is 8.55. The highest BCUT2D eigenvalue weighted by Crippen LogP contribution is 2.74. The van der Waals surface area contributed by atoms with Crippen molar-refractivity contribution in [3.8, 4) is 0 Å². The molecule has 22 heavy (non-hydrogen) atoms. The van der Waals surface area contributed by atoms with Gasteiger partial charge in [-0.1, -0.05) is 40.5 Å². The number of rotatable bonds is 4. The van der Waals surface area contributed by atoms with E-state index in [0.29, 0.717) is 5.25 Å². The lowest BCUT2D eigenvalue weighted by Crippen LogP contribution is -2.20. The van der Waals surface area contributed by atoms with E-state index in [9.17, 15) is 0 Å². The van der Waals surface area contributed by atoms with E-state index >= 15 is 0 Å². The third-order valence-corrected chi connectivity index (χ3v) is 12.1. The Bertz CT molecular complexity index is 693. The Morgan fingerprint density at radius 1 is 1.05 bits per heavy atom. The number of nitrogens with one attached hydrogen (secondary N) is 1. The SMILES string of the molecule is CC1=C(C)C(S(I)(Nc2ccc(Br)cc2)C2=CC2)C(C)=C1C. The third kappa shape index (κ3) is 2.82. The maximum absolute atomic E-state index is 3.90. The van der Waals surface area contributed by atoms with E-state index in [-0.39, 0.29) is 0 Å². The van der Waals surface area contributed by atoms with Gasteiger partial charge in [-0.25, -0.2) is 0 Å². The first-order valence-corrected chi connectivity index (χ1v) is 12.5. The van der Waals surface area contributed by atoms with Crippen molar-refractivity contribution in [3.63, 3.8) is 0 Å². The molecule has 0 radical (unpaired) electrons. The van der Waals surface area contributed by atoms with Crippen molar-refractivity contribution in [2.75, 3.05) is 4.72 Å². The van der Waals surface area contributed by atoms with Crippen molar-refractivity contribution in [2.45, 2.75) is 39.4 Å². The standard InChI is InChI=1S/C18H21BrINS/c1-11-12(2)14(4)18(13(11)3)22(20,17-9-10-17)21-16-7-5-15(19)6-8-16/h5-9,18,21H,10H2,1-4H3. The Kier molecular flexibility index (Phi) is 4.56. The second-order valence-corrected chi connectivity index (χ2v) is 13.5. The van der Waals surface area contributed by atoms with Crippen molar-refractivity contribution >= 4 is 50.2 Å². The van der Waals surface area contributed by atoms with E-state index < -0.39 is 7.39 Å². The summed E-state index contributed by atoms with van der Waals surface area (Å²) in [6.07, 6.45) is 3.55. The molecule has 1 aromatic rings. The van der Waals surface area contributed by atoms with Crippen LogP contribution in [-0.2, 0) is 0 Å². The molecule has 3 rings (SSSR count). The molecule has 4 heteroatoms. The Labute approximate surface area is 155 Å². The zero-order valence-electron chi connectivity index (χ0n) is 13.3. The first-order valence-electron chi connectivity index (χ1n) is 7.44. The maximum Gasteiger partial charge on any atom is 0.0599 e. The summed E-state index contributed by atoms with van der Waals surface area (Å²) in [4.78, 5) is 1.60. The van der Waals surface area contributed by atoms with Gasteiger partial charge in [-0.15, -0.1) is 0 Å². The van der Waals surface area contributed by atoms with Gasteiger partial charge in [-0.05, 0) is 74.4 Å². The fourth-order valence-electron chi connectivity index (χ4n) is 3.05. The van der Waals surface area contributed by atoms with Gasteiger partial charge in [-0.2, -0.15) is 0 Å². The van der Waals surface area contributed by atoms with Gasteiger partial charge in [0.05, 0.1) is 5.25 Å². The van der Waals surface area contributed by atoms with Gasteiger partial charge in [0, 0.05) is 31.4 Å². The highest BCUT2D eigenvalue weighted by molar-refractivity contribution is 14.2. The second kappa shape index (κ2) is 6.02. The number of allylic oxidation sites excluding steroid dienone is 4. The summed E-state index contributed by atoms with van der Waals surface area (Å²) in [7, 11) is -1.10. The molecule has 1 unspecified atom stereocenters. The van der Waals surface area contributed by atoms with Crippen LogP contribution in [0.5, 0.6) is 0 Å². The molecule has 0 spiro atoms. The van der Waals surface area contributed by atoms with Crippen LogP contribution in [0.1, 0.15) is 34.1 Å². The fraction of sp³-hybridized carbons (Fsp3) is 0.333. The Balaban J connectivity index is 2.00. The number of anilines is 1. The van der Waals surface area contributed by atoms with Crippen molar-refractivity contribution in [1.82, 2.24) is 0 Å². The van der Waals surface area contributed by atoms with Crippen molar-refractivity contribution in [3.05, 3.63) is 62.0 Å². The molecule has 1 atom stereocenters. The second-order valence-electron chi connectivity index (χ2n) is 6.06. The monoisotopic (exact) mass is 489 g/mol. The average Bonchev–Trinajstić information content (AvgIpc) is 3.30. The van der Waals surface area contributed by atoms with Gasteiger partial charge in [-0.3, -0.25) is 0 Å². The minimum Gasteiger partial charge on any atom is -0.335 e. The highest BCUT2D eigenvalue weighted by Gasteiger charge is 2.43. The van der Waals surface area contributed by atoms with Crippen molar-refractivity contribution < 1.29 is 0 Å². The first kappa shape index (κ1) is 16.7. The Morgan fingerprint density at radius 2 is 1.55 bits per heavy atom. The Hall–Kier alpha value is -0.200. The summed E-state index contributed by atoms with van der Waals surface area (Å²) in [5.74, 6) is 0. The predicted molar refractivity (Wildman–Crippen MR) is 113 cm³/mol. The average molecular weight is 490 g/mol. The minimum atomic E-state index is -1.10. The van der Waals surface area contributed by atoms with Crippen LogP contribution in [-0.4, -0.2) is 5.25 Å². The van der Waals surface area contributed by atoms with E-state index in [2.05, 4.69) is 99.9 Å². The minimum absolute atomic E-state index is 0.519. The van der Waals surface area contributed by atoms with Crippen LogP contribution in [0.15, 0.2) is 62.0 Å². The molecular weight excluding hydrogens is 469 g/mol. The molecule has 0 saturated heterocycles. The number of benzene rings is 1. The molecule has 0 aromatic heterocycles. The van der Waals surface area contributed by atoms with Crippen LogP contribution < -0.4 is 4.72 Å². The van der Waals surface area contributed by atoms with Crippen LogP contribution >= 0.6 is 44.5 Å². The van der Waals surface area contributed by atoms with E-state index in [1.165, 1.54) is 28.0 Å². The largest absolute Gasteiger partial charge is 0.335 e. The predicted octanol–water partition coefficient (Wildman–Crippen LogP) is 7.27. The summed E-state index contributed by atoms with van der Waals surface area (Å²) in [5, 5.41) is 0.519. The van der Waals surface area contributed by atoms with Gasteiger partial charge in [0.15, 0.2) is 0 Å². The molecule has 0 heterocycles. The van der Waals surface area contributed by atoms with Gasteiger partial charge < -0.3 is 4.72 Å². The zero-order valence-corrected chi connectivity index (χ0v) is 17.9. The molecule has 118 valence electrons. The van der Waals surface area contributed by atoms with Gasteiger partial charge in [0.25, 0.3) is 0 Å². The summed E-state index contributed by atoms with van der Waals surface area (Å²) < 4.78 is 5.02. The maximum atomic E-state index is 3.90. The summed E-state index contributed by atoms with van der Waals surface area (Å²) in [5.41, 5.74) is 7.25. The molecule has 1 nitrogen and oxygen atoms in total. The number of hydrogen-bond acceptors (Lipinski definition) is 1. The van der Waals surface area contributed by atoms with Crippen LogP contribution in [0.4, 0.5) is 5.69 Å². The van der Waals surface area contributed by atoms with E-state index in [1.807, 2.05) is 0 Å². The zero-order chi connectivity index (χ0) is 16.1. The molecular formula is C18H21BrINS. The lowest BCUT2D eigenvalue weighted by Gasteiger charge is -2.41. The van der Waals surface area contributed by atoms with Crippen molar-refractivity contribution in [1.29, 1.82) is 0 Å². The topological polar surface area (TPSA) is 12.0 Å². The van der Waals surface area contributed by atoms with E-state index in [4.69, 9.17) is 0 Å². The first-order chi connectivity index (χ1) is 10.3. The van der Waals surface area contributed by atoms with Gasteiger partial charge in [0.1, 0.15) is 0 Å². The fourth-order valence-corrected chi connectivity index (χ4v) is 10.4. The smallest absolute Gasteiger partial charge is 0.0599 e. The summed E-state index contributed by atoms with van der Waals surface area (Å²) in [6.45, 7) is 9.16. The number of hydrogen-bond donors (Lipinski definition) is 1. The molecule has 0 saturated carbocycles. The Morgan fingerprint density at radius 3 is 2.00 bits per heavy atom. The third-order valence-electron chi connectivity index (χ3n) is 4.72.